The summed E-state index contributed by atoms with van der Waals surface area (Å²) in [4.78, 5) is 11.4. The number of hydrogen-bond acceptors (Lipinski definition) is 10. The monoisotopic (exact) mass is 486 g/mol. The van der Waals surface area contributed by atoms with Crippen LogP contribution in [0.2, 0.25) is 0 Å². The summed E-state index contributed by atoms with van der Waals surface area (Å²) >= 11 is 0. The Bertz CT molecular complexity index is 1260. The Morgan fingerprint density at radius 2 is 1.85 bits per heavy atom. The first-order chi connectivity index (χ1) is 16.4. The van der Waals surface area contributed by atoms with Gasteiger partial charge in [0.25, 0.3) is 0 Å². The summed E-state index contributed by atoms with van der Waals surface area (Å²) in [5.41, 5.74) is 8.55. The lowest BCUT2D eigenvalue weighted by molar-refractivity contribution is 0.122. The van der Waals surface area contributed by atoms with Crippen LogP contribution in [-0.2, 0) is 14.6 Å². The van der Waals surface area contributed by atoms with Crippen molar-refractivity contribution in [3.8, 4) is 0 Å². The number of anilines is 4. The van der Waals surface area contributed by atoms with Crippen LogP contribution >= 0.6 is 0 Å². The maximum atomic E-state index is 12.3. The highest BCUT2D eigenvalue weighted by molar-refractivity contribution is 7.90. The molecule has 5 rings (SSSR count). The van der Waals surface area contributed by atoms with Gasteiger partial charge in [-0.05, 0) is 37.1 Å². The number of nitrogens with two attached hydrogens (primary N) is 1. The smallest absolute Gasteiger partial charge is 0.231 e. The van der Waals surface area contributed by atoms with Gasteiger partial charge in [0.1, 0.15) is 11.2 Å². The predicted octanol–water partition coefficient (Wildman–Crippen LogP) is 2.02. The number of H-pyrrole nitrogens is 1. The van der Waals surface area contributed by atoms with E-state index >= 15 is 0 Å². The molecule has 2 aromatic heterocycles. The topological polar surface area (TPSA) is 151 Å². The van der Waals surface area contributed by atoms with Crippen LogP contribution in [0.3, 0.4) is 0 Å². The van der Waals surface area contributed by atoms with Crippen LogP contribution in [0.15, 0.2) is 29.3 Å². The molecule has 2 atom stereocenters. The standard InChI is InChI=1S/C22H30N8O3S/c1-34(31,32)21-18-19(25-17-5-3-2-4-16(17)23)26-22(27-20(18)28-29-21)24-14-6-8-15(9-7-14)30-10-12-33-13-11-30/h6-9,16-17H,2-5,10-13,23H2,1H3,(H3,24,25,26,27,28,29). The van der Waals surface area contributed by atoms with E-state index in [1.165, 1.54) is 0 Å². The fraction of sp³-hybridized carbons (Fsp3) is 0.500. The normalized spacial score (nSPS) is 21.5. The van der Waals surface area contributed by atoms with Crippen LogP contribution in [0, 0.1) is 0 Å². The van der Waals surface area contributed by atoms with Crippen molar-refractivity contribution in [1.29, 1.82) is 0 Å². The Kier molecular flexibility index (Phi) is 6.28. The number of rotatable bonds is 6. The van der Waals surface area contributed by atoms with Gasteiger partial charge < -0.3 is 26.0 Å². The number of sulfone groups is 1. The molecular formula is C22H30N8O3S. The van der Waals surface area contributed by atoms with Gasteiger partial charge in [-0.2, -0.15) is 15.1 Å². The lowest BCUT2D eigenvalue weighted by Crippen LogP contribution is -2.42. The maximum absolute atomic E-state index is 12.3. The van der Waals surface area contributed by atoms with Crippen LogP contribution in [-0.4, -0.2) is 73.2 Å². The Morgan fingerprint density at radius 1 is 1.12 bits per heavy atom. The zero-order valence-corrected chi connectivity index (χ0v) is 19.9. The average Bonchev–Trinajstić information content (AvgIpc) is 3.27. The summed E-state index contributed by atoms with van der Waals surface area (Å²) in [5, 5.41) is 13.7. The number of aromatic nitrogens is 4. The molecule has 5 N–H and O–H groups in total. The maximum Gasteiger partial charge on any atom is 0.231 e. The highest BCUT2D eigenvalue weighted by atomic mass is 32.2. The predicted molar refractivity (Wildman–Crippen MR) is 131 cm³/mol. The second-order valence-electron chi connectivity index (χ2n) is 8.89. The molecule has 1 saturated carbocycles. The lowest BCUT2D eigenvalue weighted by atomic mass is 9.91. The molecule has 3 heterocycles. The summed E-state index contributed by atoms with van der Waals surface area (Å²) in [6.07, 6.45) is 5.09. The third-order valence-corrected chi connectivity index (χ3v) is 7.43. The highest BCUT2D eigenvalue weighted by Crippen LogP contribution is 2.30. The number of fused-ring (bicyclic) bond motifs is 1. The quantitative estimate of drug-likeness (QED) is 0.407. The van der Waals surface area contributed by atoms with Crippen molar-refractivity contribution < 1.29 is 13.2 Å². The second-order valence-corrected chi connectivity index (χ2v) is 10.8. The van der Waals surface area contributed by atoms with Crippen molar-refractivity contribution in [1.82, 2.24) is 20.2 Å². The molecule has 1 aliphatic carbocycles. The number of ether oxygens (including phenoxy) is 1. The van der Waals surface area contributed by atoms with Gasteiger partial charge in [-0.3, -0.25) is 5.10 Å². The molecule has 11 nitrogen and oxygen atoms in total. The van der Waals surface area contributed by atoms with E-state index in [4.69, 9.17) is 10.5 Å². The second kappa shape index (κ2) is 9.35. The minimum Gasteiger partial charge on any atom is -0.378 e. The van der Waals surface area contributed by atoms with Crippen molar-refractivity contribution in [3.05, 3.63) is 24.3 Å². The summed E-state index contributed by atoms with van der Waals surface area (Å²) in [7, 11) is -3.55. The van der Waals surface area contributed by atoms with E-state index in [0.29, 0.717) is 17.2 Å². The largest absolute Gasteiger partial charge is 0.378 e. The fourth-order valence-electron chi connectivity index (χ4n) is 4.55. The molecule has 12 heteroatoms. The minimum absolute atomic E-state index is 0.00389. The number of hydrogen-bond donors (Lipinski definition) is 4. The van der Waals surface area contributed by atoms with Crippen LogP contribution in [0.25, 0.3) is 11.0 Å². The van der Waals surface area contributed by atoms with E-state index in [-0.39, 0.29) is 22.8 Å². The van der Waals surface area contributed by atoms with Crippen molar-refractivity contribution in [3.63, 3.8) is 0 Å². The molecular weight excluding hydrogens is 456 g/mol. The molecule has 34 heavy (non-hydrogen) atoms. The molecule has 1 aliphatic heterocycles. The van der Waals surface area contributed by atoms with Crippen molar-refractivity contribution in [2.45, 2.75) is 42.8 Å². The van der Waals surface area contributed by atoms with Crippen LogP contribution in [0.5, 0.6) is 0 Å². The van der Waals surface area contributed by atoms with Gasteiger partial charge in [0.15, 0.2) is 20.5 Å². The first-order valence-electron chi connectivity index (χ1n) is 11.6. The molecule has 182 valence electrons. The number of benzene rings is 1. The molecule has 2 aliphatic rings. The van der Waals surface area contributed by atoms with E-state index in [0.717, 1.165) is 69.6 Å². The molecule has 0 spiro atoms. The zero-order valence-electron chi connectivity index (χ0n) is 19.1. The zero-order chi connectivity index (χ0) is 23.7. The van der Waals surface area contributed by atoms with E-state index in [1.54, 1.807) is 0 Å². The average molecular weight is 487 g/mol. The molecule has 1 aromatic carbocycles. The molecule has 1 saturated heterocycles. The lowest BCUT2D eigenvalue weighted by Gasteiger charge is -2.30. The van der Waals surface area contributed by atoms with Crippen molar-refractivity contribution in [2.75, 3.05) is 48.1 Å². The fourth-order valence-corrected chi connectivity index (χ4v) is 5.32. The van der Waals surface area contributed by atoms with Gasteiger partial charge in [-0.15, -0.1) is 0 Å². The Hall–Kier alpha value is -2.96. The summed E-state index contributed by atoms with van der Waals surface area (Å²) < 4.78 is 30.1. The van der Waals surface area contributed by atoms with Gasteiger partial charge in [0.2, 0.25) is 5.95 Å². The van der Waals surface area contributed by atoms with Crippen molar-refractivity contribution in [2.24, 2.45) is 5.73 Å². The van der Waals surface area contributed by atoms with E-state index in [9.17, 15) is 8.42 Å². The molecule has 0 radical (unpaired) electrons. The van der Waals surface area contributed by atoms with Crippen LogP contribution < -0.4 is 21.3 Å². The Morgan fingerprint density at radius 3 is 2.56 bits per heavy atom. The minimum atomic E-state index is -3.55. The Labute approximate surface area is 198 Å². The number of aromatic amines is 1. The number of morpholine rings is 1. The molecule has 2 unspecified atom stereocenters. The summed E-state index contributed by atoms with van der Waals surface area (Å²) in [6.45, 7) is 3.19. The van der Waals surface area contributed by atoms with Crippen LogP contribution in [0.1, 0.15) is 25.7 Å². The molecule has 0 amide bonds. The highest BCUT2D eigenvalue weighted by Gasteiger charge is 2.26. The van der Waals surface area contributed by atoms with Gasteiger partial charge >= 0.3 is 0 Å². The number of nitrogens with one attached hydrogen (secondary N) is 3. The molecule has 0 bridgehead atoms. The van der Waals surface area contributed by atoms with E-state index in [2.05, 4.69) is 35.7 Å². The van der Waals surface area contributed by atoms with Crippen molar-refractivity contribution >= 4 is 44.0 Å². The molecule has 2 fully saturated rings. The summed E-state index contributed by atoms with van der Waals surface area (Å²) in [6, 6.07) is 7.99. The molecule has 3 aromatic rings. The summed E-state index contributed by atoms with van der Waals surface area (Å²) in [5.74, 6) is 0.735. The van der Waals surface area contributed by atoms with Crippen LogP contribution in [0.4, 0.5) is 23.1 Å². The number of nitrogens with zero attached hydrogens (tertiary/aromatic N) is 4. The van der Waals surface area contributed by atoms with E-state index < -0.39 is 9.84 Å². The van der Waals surface area contributed by atoms with Gasteiger partial charge in [0.05, 0.1) is 13.2 Å². The first-order valence-corrected chi connectivity index (χ1v) is 13.5. The van der Waals surface area contributed by atoms with E-state index in [1.807, 2.05) is 24.3 Å². The Balaban J connectivity index is 1.45. The first kappa shape index (κ1) is 22.8. The van der Waals surface area contributed by atoms with Gasteiger partial charge in [-0.1, -0.05) is 12.8 Å². The third-order valence-electron chi connectivity index (χ3n) is 6.39. The third kappa shape index (κ3) is 4.79. The SMILES string of the molecule is CS(=O)(=O)c1[nH]nc2nc(Nc3ccc(N4CCOCC4)cc3)nc(NC3CCCCC3N)c12. The van der Waals surface area contributed by atoms with Gasteiger partial charge in [-0.25, -0.2) is 8.42 Å². The van der Waals surface area contributed by atoms with Gasteiger partial charge in [0, 0.05) is 42.8 Å².